The van der Waals surface area contributed by atoms with Crippen molar-refractivity contribution in [2.75, 3.05) is 18.0 Å². The highest BCUT2D eigenvalue weighted by atomic mass is 79.9. The lowest BCUT2D eigenvalue weighted by molar-refractivity contribution is -0.384. The van der Waals surface area contributed by atoms with E-state index >= 15 is 0 Å². The summed E-state index contributed by atoms with van der Waals surface area (Å²) < 4.78 is 0.748. The molecule has 0 saturated carbocycles. The van der Waals surface area contributed by atoms with Crippen molar-refractivity contribution in [3.05, 3.63) is 32.8 Å². The molecule has 0 spiro atoms. The molecule has 2 heterocycles. The zero-order valence-electron chi connectivity index (χ0n) is 10.5. The Labute approximate surface area is 120 Å². The third kappa shape index (κ3) is 2.60. The minimum absolute atomic E-state index is 0.187. The largest absolute Gasteiger partial charge is 0.364 e. The van der Waals surface area contributed by atoms with Gasteiger partial charge in [0.05, 0.1) is 4.92 Å². The molecule has 2 aliphatic heterocycles. The molecule has 5 nitrogen and oxygen atoms in total. The van der Waals surface area contributed by atoms with Crippen LogP contribution in [0.3, 0.4) is 0 Å². The summed E-state index contributed by atoms with van der Waals surface area (Å²) in [7, 11) is 0. The fraction of sp³-hybridized carbons (Fsp3) is 0.538. The van der Waals surface area contributed by atoms with Crippen LogP contribution in [0.1, 0.15) is 19.3 Å². The first kappa shape index (κ1) is 12.9. The summed E-state index contributed by atoms with van der Waals surface area (Å²) in [5.74, 6) is 0. The van der Waals surface area contributed by atoms with Crippen molar-refractivity contribution < 1.29 is 4.92 Å². The Kier molecular flexibility index (Phi) is 3.45. The molecule has 2 aliphatic rings. The van der Waals surface area contributed by atoms with Gasteiger partial charge in [0.2, 0.25) is 0 Å². The molecule has 2 unspecified atom stereocenters. The standard InChI is InChI=1S/C13H16BrN3O2/c14-9-1-4-12(13(7-9)17(18)19)16-6-5-10-2-3-11(8-16)15-10/h1,4,7,10-11,15H,2-3,5-6,8H2. The maximum absolute atomic E-state index is 11.2. The van der Waals surface area contributed by atoms with Crippen molar-refractivity contribution in [3.8, 4) is 0 Å². The second-order valence-corrected chi connectivity index (χ2v) is 6.18. The lowest BCUT2D eigenvalue weighted by Gasteiger charge is -2.26. The van der Waals surface area contributed by atoms with Crippen LogP contribution in [0.15, 0.2) is 22.7 Å². The predicted octanol–water partition coefficient (Wildman–Crippen LogP) is 2.69. The maximum atomic E-state index is 11.2. The highest BCUT2D eigenvalue weighted by Crippen LogP contribution is 2.33. The van der Waals surface area contributed by atoms with Gasteiger partial charge in [0.15, 0.2) is 0 Å². The fourth-order valence-corrected chi connectivity index (χ4v) is 3.42. The summed E-state index contributed by atoms with van der Waals surface area (Å²) in [6.07, 6.45) is 3.47. The molecule has 3 rings (SSSR count). The summed E-state index contributed by atoms with van der Waals surface area (Å²) in [5.41, 5.74) is 0.926. The summed E-state index contributed by atoms with van der Waals surface area (Å²) >= 11 is 3.30. The second kappa shape index (κ2) is 5.09. The van der Waals surface area contributed by atoms with Crippen LogP contribution in [0.2, 0.25) is 0 Å². The first-order chi connectivity index (χ1) is 9.13. The first-order valence-electron chi connectivity index (χ1n) is 6.58. The van der Waals surface area contributed by atoms with E-state index < -0.39 is 0 Å². The van der Waals surface area contributed by atoms with E-state index in [0.717, 1.165) is 29.7 Å². The highest BCUT2D eigenvalue weighted by Gasteiger charge is 2.31. The zero-order chi connectivity index (χ0) is 13.4. The van der Waals surface area contributed by atoms with Gasteiger partial charge in [0, 0.05) is 35.7 Å². The Balaban J connectivity index is 1.91. The Morgan fingerprint density at radius 3 is 2.89 bits per heavy atom. The van der Waals surface area contributed by atoms with E-state index in [1.54, 1.807) is 6.07 Å². The Hall–Kier alpha value is -1.14. The molecule has 0 amide bonds. The summed E-state index contributed by atoms with van der Waals surface area (Å²) in [6.45, 7) is 1.75. The quantitative estimate of drug-likeness (QED) is 0.671. The van der Waals surface area contributed by atoms with E-state index in [1.165, 1.54) is 12.8 Å². The molecule has 19 heavy (non-hydrogen) atoms. The number of hydrogen-bond acceptors (Lipinski definition) is 4. The number of nitrogens with one attached hydrogen (secondary N) is 1. The lowest BCUT2D eigenvalue weighted by Crippen LogP contribution is -2.35. The van der Waals surface area contributed by atoms with Gasteiger partial charge in [-0.25, -0.2) is 0 Å². The minimum Gasteiger partial charge on any atom is -0.364 e. The van der Waals surface area contributed by atoms with Crippen LogP contribution in [0, 0.1) is 10.1 Å². The molecule has 0 radical (unpaired) electrons. The summed E-state index contributed by atoms with van der Waals surface area (Å²) in [4.78, 5) is 13.1. The molecule has 2 atom stereocenters. The van der Waals surface area contributed by atoms with Crippen LogP contribution < -0.4 is 10.2 Å². The van der Waals surface area contributed by atoms with Crippen molar-refractivity contribution in [1.29, 1.82) is 0 Å². The van der Waals surface area contributed by atoms with Crippen LogP contribution in [-0.4, -0.2) is 30.1 Å². The fourth-order valence-electron chi connectivity index (χ4n) is 3.07. The van der Waals surface area contributed by atoms with Crippen LogP contribution in [0.5, 0.6) is 0 Å². The topological polar surface area (TPSA) is 58.4 Å². The van der Waals surface area contributed by atoms with Gasteiger partial charge in [0.25, 0.3) is 5.69 Å². The highest BCUT2D eigenvalue weighted by molar-refractivity contribution is 9.10. The van der Waals surface area contributed by atoms with E-state index in [0.29, 0.717) is 12.1 Å². The van der Waals surface area contributed by atoms with Crippen molar-refractivity contribution >= 4 is 27.3 Å². The van der Waals surface area contributed by atoms with Gasteiger partial charge in [-0.3, -0.25) is 10.1 Å². The third-order valence-corrected chi connectivity index (χ3v) is 4.49. The molecule has 1 N–H and O–H groups in total. The zero-order valence-corrected chi connectivity index (χ0v) is 12.1. The van der Waals surface area contributed by atoms with Crippen molar-refractivity contribution in [2.45, 2.75) is 31.3 Å². The molecule has 6 heteroatoms. The van der Waals surface area contributed by atoms with Gasteiger partial charge in [-0.2, -0.15) is 0 Å². The molecule has 2 bridgehead atoms. The number of benzene rings is 1. The maximum Gasteiger partial charge on any atom is 0.293 e. The van der Waals surface area contributed by atoms with E-state index in [2.05, 4.69) is 26.1 Å². The van der Waals surface area contributed by atoms with Crippen molar-refractivity contribution in [1.82, 2.24) is 5.32 Å². The molecule has 0 aromatic heterocycles. The second-order valence-electron chi connectivity index (χ2n) is 5.26. The van der Waals surface area contributed by atoms with Gasteiger partial charge >= 0.3 is 0 Å². The van der Waals surface area contributed by atoms with Gasteiger partial charge in [0.1, 0.15) is 5.69 Å². The number of anilines is 1. The smallest absolute Gasteiger partial charge is 0.293 e. The first-order valence-corrected chi connectivity index (χ1v) is 7.38. The Bertz CT molecular complexity index is 509. The van der Waals surface area contributed by atoms with Gasteiger partial charge in [-0.1, -0.05) is 15.9 Å². The van der Waals surface area contributed by atoms with Crippen LogP contribution in [0.4, 0.5) is 11.4 Å². The average molecular weight is 326 g/mol. The monoisotopic (exact) mass is 325 g/mol. The lowest BCUT2D eigenvalue weighted by atomic mass is 10.1. The predicted molar refractivity (Wildman–Crippen MR) is 77.6 cm³/mol. The number of hydrogen-bond donors (Lipinski definition) is 1. The number of nitro groups is 1. The Morgan fingerprint density at radius 1 is 1.32 bits per heavy atom. The van der Waals surface area contributed by atoms with Crippen molar-refractivity contribution in [3.63, 3.8) is 0 Å². The summed E-state index contributed by atoms with van der Waals surface area (Å²) in [6, 6.07) is 6.37. The van der Waals surface area contributed by atoms with Crippen LogP contribution in [0.25, 0.3) is 0 Å². The van der Waals surface area contributed by atoms with E-state index in [9.17, 15) is 10.1 Å². The number of nitrogens with zero attached hydrogens (tertiary/aromatic N) is 2. The van der Waals surface area contributed by atoms with Crippen LogP contribution in [-0.2, 0) is 0 Å². The van der Waals surface area contributed by atoms with Gasteiger partial charge in [-0.05, 0) is 31.4 Å². The van der Waals surface area contributed by atoms with E-state index in [-0.39, 0.29) is 10.6 Å². The molecule has 1 aromatic carbocycles. The number of fused-ring (bicyclic) bond motifs is 2. The molecule has 2 saturated heterocycles. The average Bonchev–Trinajstić information content (AvgIpc) is 2.69. The number of halogens is 1. The SMILES string of the molecule is O=[N+]([O-])c1cc(Br)ccc1N1CCC2CCC(C1)N2. The number of nitro benzene ring substituents is 1. The van der Waals surface area contributed by atoms with Gasteiger partial charge in [-0.15, -0.1) is 0 Å². The third-order valence-electron chi connectivity index (χ3n) is 4.00. The molecular formula is C13H16BrN3O2. The number of rotatable bonds is 2. The van der Waals surface area contributed by atoms with Gasteiger partial charge < -0.3 is 10.2 Å². The molecular weight excluding hydrogens is 310 g/mol. The van der Waals surface area contributed by atoms with E-state index in [1.807, 2.05) is 12.1 Å². The van der Waals surface area contributed by atoms with Crippen LogP contribution >= 0.6 is 15.9 Å². The molecule has 1 aromatic rings. The molecule has 102 valence electrons. The molecule has 2 fully saturated rings. The Morgan fingerprint density at radius 2 is 2.11 bits per heavy atom. The van der Waals surface area contributed by atoms with Crippen molar-refractivity contribution in [2.24, 2.45) is 0 Å². The summed E-state index contributed by atoms with van der Waals surface area (Å²) in [5, 5.41) is 14.8. The minimum atomic E-state index is -0.295. The molecule has 0 aliphatic carbocycles. The normalized spacial score (nSPS) is 26.3. The van der Waals surface area contributed by atoms with E-state index in [4.69, 9.17) is 0 Å².